The lowest BCUT2D eigenvalue weighted by atomic mass is 9.94. The number of fused-ring (bicyclic) bond motifs is 1. The highest BCUT2D eigenvalue weighted by Gasteiger charge is 2.34. The molecule has 1 fully saturated rings. The van der Waals surface area contributed by atoms with E-state index in [9.17, 15) is 13.2 Å². The molecule has 1 unspecified atom stereocenters. The molecule has 1 amide bonds. The third-order valence-corrected chi connectivity index (χ3v) is 7.05. The average molecular weight is 412 g/mol. The van der Waals surface area contributed by atoms with Crippen molar-refractivity contribution in [2.45, 2.75) is 30.6 Å². The summed E-state index contributed by atoms with van der Waals surface area (Å²) in [6.45, 7) is 3.96. The zero-order valence-electron chi connectivity index (χ0n) is 16.4. The normalized spacial score (nSPS) is 19.3. The standard InChI is InChI=1S/C22H25N3O3S/c1-16(17-7-3-2-4-8-17)15-23-22(26)18-11-13-25(14-12-18)21-19-9-5-6-10-20(19)29(27,28)24-21/h2-10,16,18H,11-15H2,1H3,(H,23,26). The maximum atomic E-state index is 12.6. The number of hydrogen-bond acceptors (Lipinski definition) is 4. The lowest BCUT2D eigenvalue weighted by Gasteiger charge is -2.32. The predicted octanol–water partition coefficient (Wildman–Crippen LogP) is 2.77. The number of hydrogen-bond donors (Lipinski definition) is 1. The third kappa shape index (κ3) is 4.05. The van der Waals surface area contributed by atoms with Crippen molar-refractivity contribution >= 4 is 21.8 Å². The van der Waals surface area contributed by atoms with E-state index in [1.54, 1.807) is 18.2 Å². The van der Waals surface area contributed by atoms with E-state index in [1.165, 1.54) is 5.56 Å². The predicted molar refractivity (Wildman–Crippen MR) is 112 cm³/mol. The third-order valence-electron chi connectivity index (χ3n) is 5.73. The quantitative estimate of drug-likeness (QED) is 0.839. The van der Waals surface area contributed by atoms with Crippen molar-refractivity contribution in [2.24, 2.45) is 10.3 Å². The average Bonchev–Trinajstić information content (AvgIpc) is 3.04. The molecule has 0 spiro atoms. The molecular weight excluding hydrogens is 386 g/mol. The van der Waals surface area contributed by atoms with Crippen molar-refractivity contribution in [1.82, 2.24) is 10.2 Å². The van der Waals surface area contributed by atoms with Crippen LogP contribution in [0.3, 0.4) is 0 Å². The second-order valence-corrected chi connectivity index (χ2v) is 9.28. The van der Waals surface area contributed by atoms with Gasteiger partial charge in [0.05, 0.1) is 0 Å². The van der Waals surface area contributed by atoms with E-state index in [-0.39, 0.29) is 22.6 Å². The van der Waals surface area contributed by atoms with Gasteiger partial charge in [-0.3, -0.25) is 4.79 Å². The minimum absolute atomic E-state index is 0.0527. The first-order valence-electron chi connectivity index (χ1n) is 9.97. The number of benzene rings is 2. The summed E-state index contributed by atoms with van der Waals surface area (Å²) in [5.41, 5.74) is 1.87. The monoisotopic (exact) mass is 411 g/mol. The van der Waals surface area contributed by atoms with Gasteiger partial charge in [0.25, 0.3) is 10.0 Å². The lowest BCUT2D eigenvalue weighted by Crippen LogP contribution is -2.43. The molecule has 2 aromatic carbocycles. The Hall–Kier alpha value is -2.67. The van der Waals surface area contributed by atoms with Crippen LogP contribution < -0.4 is 5.32 Å². The summed E-state index contributed by atoms with van der Waals surface area (Å²) >= 11 is 0. The Morgan fingerprint density at radius 3 is 2.48 bits per heavy atom. The molecule has 1 saturated heterocycles. The van der Waals surface area contributed by atoms with Crippen molar-refractivity contribution in [3.05, 3.63) is 65.7 Å². The molecule has 0 saturated carbocycles. The van der Waals surface area contributed by atoms with E-state index in [4.69, 9.17) is 0 Å². The van der Waals surface area contributed by atoms with Gasteiger partial charge in [-0.1, -0.05) is 49.4 Å². The van der Waals surface area contributed by atoms with Crippen LogP contribution in [0.4, 0.5) is 0 Å². The van der Waals surface area contributed by atoms with Crippen molar-refractivity contribution in [3.8, 4) is 0 Å². The van der Waals surface area contributed by atoms with Gasteiger partial charge in [0.15, 0.2) is 5.84 Å². The van der Waals surface area contributed by atoms with Crippen molar-refractivity contribution in [3.63, 3.8) is 0 Å². The van der Waals surface area contributed by atoms with Gasteiger partial charge in [-0.2, -0.15) is 8.42 Å². The number of sulfonamides is 1. The van der Waals surface area contributed by atoms with Crippen molar-refractivity contribution in [2.75, 3.05) is 19.6 Å². The summed E-state index contributed by atoms with van der Waals surface area (Å²) in [5.74, 6) is 0.795. The zero-order valence-corrected chi connectivity index (χ0v) is 17.2. The van der Waals surface area contributed by atoms with Crippen molar-refractivity contribution in [1.29, 1.82) is 0 Å². The van der Waals surface area contributed by atoms with Crippen LogP contribution in [0.25, 0.3) is 0 Å². The van der Waals surface area contributed by atoms with E-state index in [0.29, 0.717) is 43.9 Å². The minimum Gasteiger partial charge on any atom is -0.355 e. The number of nitrogens with one attached hydrogen (secondary N) is 1. The Balaban J connectivity index is 1.34. The Bertz CT molecular complexity index is 1030. The first-order valence-corrected chi connectivity index (χ1v) is 11.4. The number of rotatable bonds is 4. The molecule has 2 aliphatic rings. The van der Waals surface area contributed by atoms with Crippen LogP contribution in [-0.4, -0.2) is 44.7 Å². The number of carbonyl (C=O) groups excluding carboxylic acids is 1. The van der Waals surface area contributed by atoms with Gasteiger partial charge in [0.1, 0.15) is 4.90 Å². The summed E-state index contributed by atoms with van der Waals surface area (Å²) in [5, 5.41) is 3.08. The summed E-state index contributed by atoms with van der Waals surface area (Å²) in [7, 11) is -3.61. The molecule has 0 aliphatic carbocycles. The van der Waals surface area contributed by atoms with Crippen LogP contribution in [0.1, 0.15) is 36.8 Å². The highest BCUT2D eigenvalue weighted by Crippen LogP contribution is 2.29. The van der Waals surface area contributed by atoms with Gasteiger partial charge >= 0.3 is 0 Å². The molecule has 152 valence electrons. The lowest BCUT2D eigenvalue weighted by molar-refractivity contribution is -0.126. The second kappa shape index (κ2) is 7.99. The van der Waals surface area contributed by atoms with Crippen LogP contribution in [-0.2, 0) is 14.8 Å². The van der Waals surface area contributed by atoms with E-state index >= 15 is 0 Å². The maximum Gasteiger partial charge on any atom is 0.285 e. The van der Waals surface area contributed by atoms with E-state index in [0.717, 1.165) is 0 Å². The minimum atomic E-state index is -3.61. The zero-order chi connectivity index (χ0) is 20.4. The summed E-state index contributed by atoms with van der Waals surface area (Å²) in [6, 6.07) is 17.1. The summed E-state index contributed by atoms with van der Waals surface area (Å²) < 4.78 is 28.5. The maximum absolute atomic E-state index is 12.6. The van der Waals surface area contributed by atoms with Crippen LogP contribution in [0.5, 0.6) is 0 Å². The molecule has 0 bridgehead atoms. The summed E-state index contributed by atoms with van der Waals surface area (Å²) in [4.78, 5) is 14.9. The van der Waals surface area contributed by atoms with Crippen LogP contribution >= 0.6 is 0 Å². The smallest absolute Gasteiger partial charge is 0.285 e. The molecule has 7 heteroatoms. The number of carbonyl (C=O) groups is 1. The fourth-order valence-electron chi connectivity index (χ4n) is 3.97. The molecule has 2 heterocycles. The van der Waals surface area contributed by atoms with Crippen LogP contribution in [0.15, 0.2) is 63.9 Å². The number of amidine groups is 1. The highest BCUT2D eigenvalue weighted by atomic mass is 32.2. The van der Waals surface area contributed by atoms with E-state index < -0.39 is 10.0 Å². The Morgan fingerprint density at radius 2 is 1.76 bits per heavy atom. The topological polar surface area (TPSA) is 78.8 Å². The molecular formula is C22H25N3O3S. The fourth-order valence-corrected chi connectivity index (χ4v) is 5.20. The van der Waals surface area contributed by atoms with E-state index in [2.05, 4.69) is 28.8 Å². The van der Waals surface area contributed by atoms with Gasteiger partial charge < -0.3 is 10.2 Å². The van der Waals surface area contributed by atoms with Crippen molar-refractivity contribution < 1.29 is 13.2 Å². The van der Waals surface area contributed by atoms with Gasteiger partial charge in [0, 0.05) is 31.1 Å². The Labute approximate surface area is 171 Å². The number of piperidine rings is 1. The molecule has 29 heavy (non-hydrogen) atoms. The molecule has 1 atom stereocenters. The fraction of sp³-hybridized carbons (Fsp3) is 0.364. The molecule has 6 nitrogen and oxygen atoms in total. The van der Waals surface area contributed by atoms with Gasteiger partial charge in [0.2, 0.25) is 5.91 Å². The van der Waals surface area contributed by atoms with Crippen LogP contribution in [0.2, 0.25) is 0 Å². The first kappa shape index (κ1) is 19.6. The SMILES string of the molecule is CC(CNC(=O)C1CCN(C2=NS(=O)(=O)c3ccccc32)CC1)c1ccccc1. The highest BCUT2D eigenvalue weighted by molar-refractivity contribution is 7.90. The number of nitrogens with zero attached hydrogens (tertiary/aromatic N) is 2. The molecule has 2 aliphatic heterocycles. The second-order valence-electron chi connectivity index (χ2n) is 7.70. The van der Waals surface area contributed by atoms with Gasteiger partial charge in [-0.15, -0.1) is 4.40 Å². The Morgan fingerprint density at radius 1 is 1.10 bits per heavy atom. The van der Waals surface area contributed by atoms with Gasteiger partial charge in [-0.25, -0.2) is 0 Å². The van der Waals surface area contributed by atoms with Crippen LogP contribution in [0, 0.1) is 5.92 Å². The van der Waals surface area contributed by atoms with Gasteiger partial charge in [-0.05, 0) is 36.5 Å². The molecule has 2 aromatic rings. The Kier molecular flexibility index (Phi) is 5.41. The number of amides is 1. The molecule has 4 rings (SSSR count). The molecule has 0 aromatic heterocycles. The molecule has 1 N–H and O–H groups in total. The first-order chi connectivity index (χ1) is 14.0. The summed E-state index contributed by atoms with van der Waals surface area (Å²) in [6.07, 6.45) is 1.37. The largest absolute Gasteiger partial charge is 0.355 e. The molecule has 0 radical (unpaired) electrons. The van der Waals surface area contributed by atoms with E-state index in [1.807, 2.05) is 29.2 Å². The number of likely N-dealkylation sites (tertiary alicyclic amines) is 1.